The smallest absolute Gasteiger partial charge is 0.303 e. The van der Waals surface area contributed by atoms with Gasteiger partial charge in [-0.1, -0.05) is 0 Å². The number of amides is 1. The molecule has 1 heterocycles. The van der Waals surface area contributed by atoms with Crippen LogP contribution < -0.4 is 5.32 Å². The minimum Gasteiger partial charge on any atom is -0.481 e. The van der Waals surface area contributed by atoms with Gasteiger partial charge in [0.25, 0.3) is 0 Å². The van der Waals surface area contributed by atoms with Gasteiger partial charge in [-0.05, 0) is 32.2 Å². The van der Waals surface area contributed by atoms with Crippen LogP contribution in [0.3, 0.4) is 0 Å². The molecular formula is C12H22N2O3. The molecule has 0 radical (unpaired) electrons. The van der Waals surface area contributed by atoms with Crippen molar-refractivity contribution in [3.63, 3.8) is 0 Å². The maximum absolute atomic E-state index is 11.7. The molecule has 1 aliphatic heterocycles. The summed E-state index contributed by atoms with van der Waals surface area (Å²) in [5.74, 6) is -0.0481. The second-order valence-electron chi connectivity index (χ2n) is 4.61. The zero-order valence-electron chi connectivity index (χ0n) is 10.4. The highest BCUT2D eigenvalue weighted by molar-refractivity contribution is 5.76. The molecule has 0 saturated carbocycles. The van der Waals surface area contributed by atoms with E-state index in [1.807, 2.05) is 11.9 Å². The molecule has 1 fully saturated rings. The number of aliphatic carboxylic acids is 1. The lowest BCUT2D eigenvalue weighted by atomic mass is 9.92. The van der Waals surface area contributed by atoms with Crippen LogP contribution in [0.4, 0.5) is 0 Å². The van der Waals surface area contributed by atoms with E-state index in [1.54, 1.807) is 0 Å². The predicted molar refractivity (Wildman–Crippen MR) is 64.7 cm³/mol. The summed E-state index contributed by atoms with van der Waals surface area (Å²) in [6.07, 6.45) is 3.43. The Labute approximate surface area is 102 Å². The van der Waals surface area contributed by atoms with E-state index in [-0.39, 0.29) is 12.3 Å². The van der Waals surface area contributed by atoms with Crippen LogP contribution in [0.5, 0.6) is 0 Å². The third kappa shape index (κ3) is 5.17. The van der Waals surface area contributed by atoms with Gasteiger partial charge < -0.3 is 15.3 Å². The molecule has 2 N–H and O–H groups in total. The van der Waals surface area contributed by atoms with Gasteiger partial charge in [-0.2, -0.15) is 0 Å². The fourth-order valence-electron chi connectivity index (χ4n) is 2.19. The number of nitrogens with one attached hydrogen (secondary N) is 1. The molecule has 0 atom stereocenters. The van der Waals surface area contributed by atoms with E-state index in [0.29, 0.717) is 12.3 Å². The van der Waals surface area contributed by atoms with Crippen LogP contribution in [0.15, 0.2) is 0 Å². The Morgan fingerprint density at radius 1 is 1.29 bits per heavy atom. The van der Waals surface area contributed by atoms with Crippen molar-refractivity contribution in [1.29, 1.82) is 0 Å². The molecule has 0 aromatic carbocycles. The highest BCUT2D eigenvalue weighted by Crippen LogP contribution is 2.22. The fourth-order valence-corrected chi connectivity index (χ4v) is 2.19. The molecule has 0 aliphatic carbocycles. The third-order valence-corrected chi connectivity index (χ3v) is 3.32. The van der Waals surface area contributed by atoms with Crippen molar-refractivity contribution in [2.45, 2.75) is 32.1 Å². The maximum Gasteiger partial charge on any atom is 0.303 e. The first-order chi connectivity index (χ1) is 8.13. The highest BCUT2D eigenvalue weighted by Gasteiger charge is 2.22. The Hall–Kier alpha value is -1.10. The zero-order valence-corrected chi connectivity index (χ0v) is 10.4. The van der Waals surface area contributed by atoms with Crippen molar-refractivity contribution in [3.05, 3.63) is 0 Å². The average Bonchev–Trinajstić information content (AvgIpc) is 2.34. The minimum atomic E-state index is -0.725. The van der Waals surface area contributed by atoms with Crippen LogP contribution >= 0.6 is 0 Å². The standard InChI is InChI=1S/C12H22N2O3/c1-13-7-4-11(15)14-8-5-10(6-9-14)2-3-12(16)17/h10,13H,2-9H2,1H3,(H,16,17). The average molecular weight is 242 g/mol. The SMILES string of the molecule is CNCCC(=O)N1CCC(CCC(=O)O)CC1. The Kier molecular flexibility index (Phi) is 5.97. The monoisotopic (exact) mass is 242 g/mol. The van der Waals surface area contributed by atoms with Crippen molar-refractivity contribution in [2.24, 2.45) is 5.92 Å². The Balaban J connectivity index is 2.20. The number of piperidine rings is 1. The largest absolute Gasteiger partial charge is 0.481 e. The number of hydrogen-bond donors (Lipinski definition) is 2. The number of rotatable bonds is 6. The summed E-state index contributed by atoms with van der Waals surface area (Å²) in [4.78, 5) is 24.1. The van der Waals surface area contributed by atoms with Gasteiger partial charge in [0.05, 0.1) is 0 Å². The molecule has 1 amide bonds. The van der Waals surface area contributed by atoms with Gasteiger partial charge in [0.2, 0.25) is 5.91 Å². The fraction of sp³-hybridized carbons (Fsp3) is 0.833. The van der Waals surface area contributed by atoms with E-state index in [2.05, 4.69) is 5.32 Å². The second-order valence-corrected chi connectivity index (χ2v) is 4.61. The molecule has 17 heavy (non-hydrogen) atoms. The molecule has 0 unspecified atom stereocenters. The lowest BCUT2D eigenvalue weighted by Crippen LogP contribution is -2.39. The number of nitrogens with zero attached hydrogens (tertiary/aromatic N) is 1. The second kappa shape index (κ2) is 7.27. The molecule has 0 bridgehead atoms. The van der Waals surface area contributed by atoms with Gasteiger partial charge in [0, 0.05) is 32.5 Å². The summed E-state index contributed by atoms with van der Waals surface area (Å²) in [6, 6.07) is 0. The first kappa shape index (κ1) is 14.0. The maximum atomic E-state index is 11.7. The predicted octanol–water partition coefficient (Wildman–Crippen LogP) is 0.699. The minimum absolute atomic E-state index is 0.205. The molecule has 0 aromatic rings. The van der Waals surface area contributed by atoms with Gasteiger partial charge in [-0.3, -0.25) is 9.59 Å². The molecule has 5 nitrogen and oxygen atoms in total. The Bertz CT molecular complexity index is 260. The lowest BCUT2D eigenvalue weighted by molar-refractivity contribution is -0.138. The summed E-state index contributed by atoms with van der Waals surface area (Å²) in [6.45, 7) is 2.29. The summed E-state index contributed by atoms with van der Waals surface area (Å²) in [5.41, 5.74) is 0. The van der Waals surface area contributed by atoms with Crippen molar-refractivity contribution in [3.8, 4) is 0 Å². The highest BCUT2D eigenvalue weighted by atomic mass is 16.4. The van der Waals surface area contributed by atoms with Gasteiger partial charge in [-0.15, -0.1) is 0 Å². The van der Waals surface area contributed by atoms with Gasteiger partial charge >= 0.3 is 5.97 Å². The van der Waals surface area contributed by atoms with Crippen LogP contribution in [-0.2, 0) is 9.59 Å². The summed E-state index contributed by atoms with van der Waals surface area (Å²) in [7, 11) is 1.84. The van der Waals surface area contributed by atoms with Crippen LogP contribution in [-0.4, -0.2) is 48.6 Å². The Morgan fingerprint density at radius 3 is 2.47 bits per heavy atom. The van der Waals surface area contributed by atoms with E-state index in [4.69, 9.17) is 5.11 Å². The molecule has 5 heteroatoms. The third-order valence-electron chi connectivity index (χ3n) is 3.32. The lowest BCUT2D eigenvalue weighted by Gasteiger charge is -2.32. The molecule has 0 spiro atoms. The summed E-state index contributed by atoms with van der Waals surface area (Å²) < 4.78 is 0. The molecule has 1 saturated heterocycles. The normalized spacial score (nSPS) is 17.1. The number of carbonyl (C=O) groups excluding carboxylic acids is 1. The number of likely N-dealkylation sites (tertiary alicyclic amines) is 1. The van der Waals surface area contributed by atoms with Gasteiger partial charge in [-0.25, -0.2) is 0 Å². The molecule has 1 aliphatic rings. The van der Waals surface area contributed by atoms with Crippen molar-refractivity contribution in [2.75, 3.05) is 26.7 Å². The number of carboxylic acids is 1. The molecule has 1 rings (SSSR count). The zero-order chi connectivity index (χ0) is 12.7. The first-order valence-corrected chi connectivity index (χ1v) is 6.27. The Morgan fingerprint density at radius 2 is 1.94 bits per heavy atom. The summed E-state index contributed by atoms with van der Waals surface area (Å²) in [5, 5.41) is 11.6. The van der Waals surface area contributed by atoms with Gasteiger partial charge in [0.15, 0.2) is 0 Å². The van der Waals surface area contributed by atoms with E-state index in [1.165, 1.54) is 0 Å². The first-order valence-electron chi connectivity index (χ1n) is 6.27. The van der Waals surface area contributed by atoms with Crippen LogP contribution in [0, 0.1) is 5.92 Å². The van der Waals surface area contributed by atoms with E-state index in [9.17, 15) is 9.59 Å². The van der Waals surface area contributed by atoms with Gasteiger partial charge in [0.1, 0.15) is 0 Å². The molecule has 0 aromatic heterocycles. The quantitative estimate of drug-likeness (QED) is 0.719. The van der Waals surface area contributed by atoms with Crippen LogP contribution in [0.2, 0.25) is 0 Å². The van der Waals surface area contributed by atoms with E-state index in [0.717, 1.165) is 38.9 Å². The van der Waals surface area contributed by atoms with Crippen molar-refractivity contribution in [1.82, 2.24) is 10.2 Å². The number of carboxylic acid groups (broad SMARTS) is 1. The van der Waals surface area contributed by atoms with Crippen molar-refractivity contribution >= 4 is 11.9 Å². The van der Waals surface area contributed by atoms with E-state index < -0.39 is 5.97 Å². The topological polar surface area (TPSA) is 69.6 Å². The van der Waals surface area contributed by atoms with Crippen LogP contribution in [0.25, 0.3) is 0 Å². The van der Waals surface area contributed by atoms with Crippen molar-refractivity contribution < 1.29 is 14.7 Å². The van der Waals surface area contributed by atoms with E-state index >= 15 is 0 Å². The van der Waals surface area contributed by atoms with Crippen LogP contribution in [0.1, 0.15) is 32.1 Å². The summed E-state index contributed by atoms with van der Waals surface area (Å²) >= 11 is 0. The number of hydrogen-bond acceptors (Lipinski definition) is 3. The number of carbonyl (C=O) groups is 2. The molecular weight excluding hydrogens is 220 g/mol. The molecule has 98 valence electrons.